The second kappa shape index (κ2) is 4.11. The van der Waals surface area contributed by atoms with Crippen LogP contribution in [-0.4, -0.2) is 30.1 Å². The second-order valence-electron chi connectivity index (χ2n) is 3.36. The molecule has 0 bridgehead atoms. The number of H-pyrrole nitrogens is 2. The van der Waals surface area contributed by atoms with Crippen LogP contribution in [0.25, 0.3) is 11.0 Å². The zero-order valence-electron chi connectivity index (χ0n) is 8.91. The normalized spacial score (nSPS) is 10.9. The average molecular weight is 261 g/mol. The number of aromatic amines is 2. The fourth-order valence-corrected chi connectivity index (χ4v) is 2.24. The molecule has 9 heteroatoms. The molecule has 90 valence electrons. The van der Waals surface area contributed by atoms with Crippen LogP contribution in [0.3, 0.4) is 0 Å². The van der Waals surface area contributed by atoms with Gasteiger partial charge in [-0.3, -0.25) is 9.89 Å². The summed E-state index contributed by atoms with van der Waals surface area (Å²) in [4.78, 5) is 25.9. The number of rotatable bonds is 2. The van der Waals surface area contributed by atoms with Crippen LogP contribution in [0.15, 0.2) is 33.4 Å². The molecule has 0 radical (unpaired) electrons. The molecule has 0 fully saturated rings. The van der Waals surface area contributed by atoms with Crippen molar-refractivity contribution in [3.05, 3.63) is 28.8 Å². The standard InChI is InChI=1S/C9H7N7OS/c10-8-14-6-4(3-12-16-6)7(15-8)18-9-11-2-1-5(17)13-9/h1-3H,(H,11,13,17)(H3,10,12,14,15,16). The van der Waals surface area contributed by atoms with Gasteiger partial charge in [-0.05, 0) is 11.8 Å². The van der Waals surface area contributed by atoms with Gasteiger partial charge in [0.2, 0.25) is 5.95 Å². The van der Waals surface area contributed by atoms with E-state index in [4.69, 9.17) is 5.73 Å². The quantitative estimate of drug-likeness (QED) is 0.443. The second-order valence-corrected chi connectivity index (χ2v) is 4.34. The SMILES string of the molecule is Nc1nc(Sc2nccc(=O)[nH]2)c2cn[nH]c2n1. The van der Waals surface area contributed by atoms with Crippen molar-refractivity contribution in [1.82, 2.24) is 30.1 Å². The number of nitrogens with two attached hydrogens (primary N) is 1. The molecule has 0 amide bonds. The summed E-state index contributed by atoms with van der Waals surface area (Å²) < 4.78 is 0. The molecule has 0 saturated heterocycles. The van der Waals surface area contributed by atoms with Gasteiger partial charge in [-0.2, -0.15) is 10.1 Å². The number of hydrogen-bond donors (Lipinski definition) is 3. The van der Waals surface area contributed by atoms with Crippen molar-refractivity contribution in [3.63, 3.8) is 0 Å². The summed E-state index contributed by atoms with van der Waals surface area (Å²) in [5.74, 6) is 0.132. The van der Waals surface area contributed by atoms with E-state index < -0.39 is 0 Å². The lowest BCUT2D eigenvalue weighted by atomic mass is 10.4. The Balaban J connectivity index is 2.09. The molecule has 18 heavy (non-hydrogen) atoms. The number of hydrogen-bond acceptors (Lipinski definition) is 7. The molecule has 0 aliphatic heterocycles. The molecule has 0 unspecified atom stereocenters. The molecule has 3 aromatic rings. The van der Waals surface area contributed by atoms with E-state index >= 15 is 0 Å². The summed E-state index contributed by atoms with van der Waals surface area (Å²) in [6, 6.07) is 1.34. The summed E-state index contributed by atoms with van der Waals surface area (Å²) in [6.07, 6.45) is 3.02. The van der Waals surface area contributed by atoms with Crippen molar-refractivity contribution in [2.75, 3.05) is 5.73 Å². The highest BCUT2D eigenvalue weighted by Gasteiger charge is 2.10. The van der Waals surface area contributed by atoms with E-state index in [9.17, 15) is 4.79 Å². The van der Waals surface area contributed by atoms with Gasteiger partial charge < -0.3 is 10.7 Å². The highest BCUT2D eigenvalue weighted by atomic mass is 32.2. The van der Waals surface area contributed by atoms with E-state index in [2.05, 4.69) is 30.1 Å². The van der Waals surface area contributed by atoms with Gasteiger partial charge in [0, 0.05) is 12.3 Å². The molecule has 3 heterocycles. The third-order valence-electron chi connectivity index (χ3n) is 2.13. The van der Waals surface area contributed by atoms with Crippen LogP contribution in [0.2, 0.25) is 0 Å². The Morgan fingerprint density at radius 1 is 1.33 bits per heavy atom. The molecule has 0 aliphatic rings. The molecule has 0 aromatic carbocycles. The van der Waals surface area contributed by atoms with E-state index in [0.29, 0.717) is 15.8 Å². The maximum Gasteiger partial charge on any atom is 0.251 e. The fraction of sp³-hybridized carbons (Fsp3) is 0. The van der Waals surface area contributed by atoms with Crippen LogP contribution in [0, 0.1) is 0 Å². The average Bonchev–Trinajstić information content (AvgIpc) is 2.77. The molecule has 3 aromatic heterocycles. The molecule has 8 nitrogen and oxygen atoms in total. The molecule has 4 N–H and O–H groups in total. The Morgan fingerprint density at radius 2 is 2.22 bits per heavy atom. The highest BCUT2D eigenvalue weighted by Crippen LogP contribution is 2.28. The van der Waals surface area contributed by atoms with Gasteiger partial charge in [-0.25, -0.2) is 9.97 Å². The molecule has 3 rings (SSSR count). The predicted octanol–water partition coefficient (Wildman–Crippen LogP) is 0.170. The van der Waals surface area contributed by atoms with Crippen LogP contribution >= 0.6 is 11.8 Å². The summed E-state index contributed by atoms with van der Waals surface area (Å²) in [5.41, 5.74) is 5.91. The van der Waals surface area contributed by atoms with Gasteiger partial charge in [0.05, 0.1) is 11.6 Å². The third-order valence-corrected chi connectivity index (χ3v) is 3.04. The number of nitrogens with zero attached hydrogens (tertiary/aromatic N) is 4. The van der Waals surface area contributed by atoms with Crippen molar-refractivity contribution in [1.29, 1.82) is 0 Å². The van der Waals surface area contributed by atoms with Crippen molar-refractivity contribution in [3.8, 4) is 0 Å². The Morgan fingerprint density at radius 3 is 3.06 bits per heavy atom. The molecular formula is C9H7N7OS. The van der Waals surface area contributed by atoms with E-state index in [1.54, 1.807) is 6.20 Å². The van der Waals surface area contributed by atoms with E-state index in [1.807, 2.05) is 0 Å². The molecular weight excluding hydrogens is 254 g/mol. The van der Waals surface area contributed by atoms with Gasteiger partial charge in [0.15, 0.2) is 10.8 Å². The lowest BCUT2D eigenvalue weighted by Gasteiger charge is -2.01. The smallest absolute Gasteiger partial charge is 0.251 e. The number of aromatic nitrogens is 6. The van der Waals surface area contributed by atoms with Gasteiger partial charge in [0.25, 0.3) is 5.56 Å². The summed E-state index contributed by atoms with van der Waals surface area (Å²) in [5, 5.41) is 8.32. The first kappa shape index (κ1) is 10.7. The van der Waals surface area contributed by atoms with Crippen molar-refractivity contribution in [2.24, 2.45) is 0 Å². The number of nitrogens with one attached hydrogen (secondary N) is 2. The highest BCUT2D eigenvalue weighted by molar-refractivity contribution is 7.99. The minimum Gasteiger partial charge on any atom is -0.368 e. The van der Waals surface area contributed by atoms with E-state index in [1.165, 1.54) is 24.0 Å². The number of anilines is 1. The van der Waals surface area contributed by atoms with Gasteiger partial charge in [-0.15, -0.1) is 0 Å². The summed E-state index contributed by atoms with van der Waals surface area (Å²) in [7, 11) is 0. The number of nitrogen functional groups attached to an aromatic ring is 1. The first-order valence-electron chi connectivity index (χ1n) is 4.92. The van der Waals surface area contributed by atoms with Crippen molar-refractivity contribution < 1.29 is 0 Å². The molecule has 0 saturated carbocycles. The first-order valence-corrected chi connectivity index (χ1v) is 5.74. The summed E-state index contributed by atoms with van der Waals surface area (Å²) >= 11 is 1.19. The van der Waals surface area contributed by atoms with Crippen LogP contribution in [0.4, 0.5) is 5.95 Å². The Kier molecular flexibility index (Phi) is 2.45. The zero-order valence-corrected chi connectivity index (χ0v) is 9.73. The predicted molar refractivity (Wildman–Crippen MR) is 65.1 cm³/mol. The maximum absolute atomic E-state index is 11.2. The van der Waals surface area contributed by atoms with Gasteiger partial charge in [0.1, 0.15) is 5.03 Å². The van der Waals surface area contributed by atoms with Gasteiger partial charge >= 0.3 is 0 Å². The topological polar surface area (TPSA) is 126 Å². The minimum atomic E-state index is -0.224. The Hall–Kier alpha value is -2.42. The van der Waals surface area contributed by atoms with Crippen LogP contribution in [0.5, 0.6) is 0 Å². The molecule has 0 spiro atoms. The van der Waals surface area contributed by atoms with E-state index in [-0.39, 0.29) is 11.5 Å². The van der Waals surface area contributed by atoms with E-state index in [0.717, 1.165) is 5.39 Å². The summed E-state index contributed by atoms with van der Waals surface area (Å²) in [6.45, 7) is 0. The lowest BCUT2D eigenvalue weighted by molar-refractivity contribution is 0.933. The Bertz CT molecular complexity index is 765. The minimum absolute atomic E-state index is 0.132. The zero-order chi connectivity index (χ0) is 12.5. The molecule has 0 aliphatic carbocycles. The largest absolute Gasteiger partial charge is 0.368 e. The van der Waals surface area contributed by atoms with Crippen molar-refractivity contribution >= 4 is 28.7 Å². The third kappa shape index (κ3) is 1.91. The fourth-order valence-electron chi connectivity index (χ4n) is 1.40. The van der Waals surface area contributed by atoms with Crippen LogP contribution in [0.1, 0.15) is 0 Å². The number of fused-ring (bicyclic) bond motifs is 1. The lowest BCUT2D eigenvalue weighted by Crippen LogP contribution is -2.05. The van der Waals surface area contributed by atoms with Crippen molar-refractivity contribution in [2.45, 2.75) is 10.2 Å². The van der Waals surface area contributed by atoms with Crippen LogP contribution < -0.4 is 11.3 Å². The van der Waals surface area contributed by atoms with Crippen LogP contribution in [-0.2, 0) is 0 Å². The molecule has 0 atom stereocenters. The first-order chi connectivity index (χ1) is 8.72. The van der Waals surface area contributed by atoms with Gasteiger partial charge in [-0.1, -0.05) is 0 Å². The Labute approximate surface area is 104 Å². The maximum atomic E-state index is 11.2. The monoisotopic (exact) mass is 261 g/mol.